The predicted molar refractivity (Wildman–Crippen MR) is 73.0 cm³/mol. The van der Waals surface area contributed by atoms with E-state index in [0.29, 0.717) is 6.04 Å². The van der Waals surface area contributed by atoms with Crippen LogP contribution in [-0.4, -0.2) is 26.2 Å². The largest absolute Gasteiger partial charge is 0.497 e. The van der Waals surface area contributed by atoms with Gasteiger partial charge >= 0.3 is 5.97 Å². The van der Waals surface area contributed by atoms with Crippen LogP contribution in [-0.2, 0) is 16.1 Å². The number of benzene rings is 1. The lowest BCUT2D eigenvalue weighted by molar-refractivity contribution is -0.145. The van der Waals surface area contributed by atoms with Gasteiger partial charge < -0.3 is 14.8 Å². The first kappa shape index (κ1) is 13.9. The molecule has 0 aromatic heterocycles. The Balaban J connectivity index is 1.78. The maximum Gasteiger partial charge on any atom is 0.308 e. The van der Waals surface area contributed by atoms with E-state index in [-0.39, 0.29) is 11.9 Å². The van der Waals surface area contributed by atoms with E-state index < -0.39 is 0 Å². The Morgan fingerprint density at radius 3 is 2.63 bits per heavy atom. The van der Waals surface area contributed by atoms with Gasteiger partial charge in [-0.05, 0) is 37.0 Å². The molecule has 104 valence electrons. The second-order valence-electron chi connectivity index (χ2n) is 4.96. The van der Waals surface area contributed by atoms with Gasteiger partial charge in [-0.3, -0.25) is 4.79 Å². The van der Waals surface area contributed by atoms with Crippen molar-refractivity contribution in [3.63, 3.8) is 0 Å². The number of carbonyl (C=O) groups is 1. The van der Waals surface area contributed by atoms with Gasteiger partial charge in [0.05, 0.1) is 20.1 Å². The highest BCUT2D eigenvalue weighted by Gasteiger charge is 2.30. The average Bonchev–Trinajstić information content (AvgIpc) is 2.93. The number of esters is 1. The molecule has 19 heavy (non-hydrogen) atoms. The summed E-state index contributed by atoms with van der Waals surface area (Å²) < 4.78 is 9.92. The van der Waals surface area contributed by atoms with E-state index in [1.165, 1.54) is 12.7 Å². The first-order valence-electron chi connectivity index (χ1n) is 6.67. The molecule has 0 heterocycles. The molecule has 0 unspecified atom stereocenters. The molecule has 0 saturated heterocycles. The number of methoxy groups -OCH3 is 2. The van der Waals surface area contributed by atoms with Crippen molar-refractivity contribution in [3.8, 4) is 5.75 Å². The molecule has 4 heteroatoms. The number of nitrogens with one attached hydrogen (secondary N) is 1. The summed E-state index contributed by atoms with van der Waals surface area (Å²) in [5.41, 5.74) is 1.22. The second kappa shape index (κ2) is 6.57. The minimum Gasteiger partial charge on any atom is -0.497 e. The number of ether oxygens (including phenoxy) is 2. The van der Waals surface area contributed by atoms with Gasteiger partial charge in [0.15, 0.2) is 0 Å². The zero-order valence-corrected chi connectivity index (χ0v) is 11.5. The van der Waals surface area contributed by atoms with Crippen molar-refractivity contribution in [2.45, 2.75) is 31.8 Å². The van der Waals surface area contributed by atoms with Crippen molar-refractivity contribution in [1.82, 2.24) is 5.32 Å². The standard InChI is InChI=1S/C15H21NO3/c1-18-14-7-3-11(4-8-14)10-16-13-6-5-12(9-13)15(17)19-2/h3-4,7-8,12-13,16H,5-6,9-10H2,1-2H3/t12-,13+/m0/s1. The zero-order chi connectivity index (χ0) is 13.7. The van der Waals surface area contributed by atoms with E-state index in [1.54, 1.807) is 7.11 Å². The van der Waals surface area contributed by atoms with E-state index >= 15 is 0 Å². The van der Waals surface area contributed by atoms with Gasteiger partial charge in [-0.25, -0.2) is 0 Å². The van der Waals surface area contributed by atoms with Gasteiger partial charge in [-0.2, -0.15) is 0 Å². The van der Waals surface area contributed by atoms with Crippen molar-refractivity contribution >= 4 is 5.97 Å². The van der Waals surface area contributed by atoms with Crippen molar-refractivity contribution in [2.24, 2.45) is 5.92 Å². The van der Waals surface area contributed by atoms with Gasteiger partial charge in [0.25, 0.3) is 0 Å². The molecule has 0 bridgehead atoms. The fraction of sp³-hybridized carbons (Fsp3) is 0.533. The minimum atomic E-state index is -0.0752. The molecule has 2 atom stereocenters. The van der Waals surface area contributed by atoms with Crippen molar-refractivity contribution in [2.75, 3.05) is 14.2 Å². The maximum absolute atomic E-state index is 11.4. The van der Waals surface area contributed by atoms with E-state index in [0.717, 1.165) is 31.6 Å². The Kier molecular flexibility index (Phi) is 4.80. The molecular weight excluding hydrogens is 242 g/mol. The molecule has 4 nitrogen and oxygen atoms in total. The molecule has 0 aliphatic heterocycles. The van der Waals surface area contributed by atoms with E-state index in [9.17, 15) is 4.79 Å². The lowest BCUT2D eigenvalue weighted by Crippen LogP contribution is -2.26. The SMILES string of the molecule is COC(=O)[C@H]1CC[C@@H](NCc2ccc(OC)cc2)C1. The summed E-state index contributed by atoms with van der Waals surface area (Å²) in [5.74, 6) is 0.863. The Bertz CT molecular complexity index is 416. The van der Waals surface area contributed by atoms with Crippen LogP contribution in [0.3, 0.4) is 0 Å². The average molecular weight is 263 g/mol. The normalized spacial score (nSPS) is 22.2. The number of carbonyl (C=O) groups excluding carboxylic acids is 1. The summed E-state index contributed by atoms with van der Waals surface area (Å²) in [5, 5.41) is 3.50. The monoisotopic (exact) mass is 263 g/mol. The van der Waals surface area contributed by atoms with Crippen molar-refractivity contribution < 1.29 is 14.3 Å². The molecule has 1 N–H and O–H groups in total. The Labute approximate surface area is 114 Å². The van der Waals surface area contributed by atoms with Crippen LogP contribution in [0.2, 0.25) is 0 Å². The molecule has 1 aliphatic carbocycles. The Morgan fingerprint density at radius 2 is 2.00 bits per heavy atom. The Morgan fingerprint density at radius 1 is 1.26 bits per heavy atom. The van der Waals surface area contributed by atoms with Crippen molar-refractivity contribution in [3.05, 3.63) is 29.8 Å². The second-order valence-corrected chi connectivity index (χ2v) is 4.96. The number of rotatable bonds is 5. The van der Waals surface area contributed by atoms with E-state index in [1.807, 2.05) is 12.1 Å². The first-order chi connectivity index (χ1) is 9.22. The third kappa shape index (κ3) is 3.70. The lowest BCUT2D eigenvalue weighted by Gasteiger charge is -2.13. The summed E-state index contributed by atoms with van der Waals surface area (Å²) in [6.07, 6.45) is 2.84. The molecule has 1 aromatic carbocycles. The first-order valence-corrected chi connectivity index (χ1v) is 6.67. The van der Waals surface area contributed by atoms with Crippen LogP contribution < -0.4 is 10.1 Å². The van der Waals surface area contributed by atoms with Gasteiger partial charge in [0.1, 0.15) is 5.75 Å². The maximum atomic E-state index is 11.4. The number of hydrogen-bond donors (Lipinski definition) is 1. The quantitative estimate of drug-likeness (QED) is 0.827. The molecular formula is C15H21NO3. The van der Waals surface area contributed by atoms with Crippen LogP contribution in [0.4, 0.5) is 0 Å². The topological polar surface area (TPSA) is 47.6 Å². The van der Waals surface area contributed by atoms with E-state index in [2.05, 4.69) is 17.4 Å². The molecule has 1 saturated carbocycles. The predicted octanol–water partition coefficient (Wildman–Crippen LogP) is 2.13. The summed E-state index contributed by atoms with van der Waals surface area (Å²) in [7, 11) is 3.12. The molecule has 0 radical (unpaired) electrons. The highest BCUT2D eigenvalue weighted by molar-refractivity contribution is 5.72. The third-order valence-electron chi connectivity index (χ3n) is 3.72. The molecule has 2 rings (SSSR count). The highest BCUT2D eigenvalue weighted by Crippen LogP contribution is 2.26. The van der Waals surface area contributed by atoms with Crippen LogP contribution in [0.25, 0.3) is 0 Å². The van der Waals surface area contributed by atoms with Crippen LogP contribution in [0.5, 0.6) is 5.75 Å². The fourth-order valence-corrected chi connectivity index (χ4v) is 2.55. The molecule has 0 amide bonds. The lowest BCUT2D eigenvalue weighted by atomic mass is 10.1. The van der Waals surface area contributed by atoms with Crippen LogP contribution in [0.1, 0.15) is 24.8 Å². The summed E-state index contributed by atoms with van der Waals surface area (Å²) in [6.45, 7) is 0.822. The Hall–Kier alpha value is -1.55. The van der Waals surface area contributed by atoms with Gasteiger partial charge in [0, 0.05) is 12.6 Å². The smallest absolute Gasteiger partial charge is 0.308 e. The van der Waals surface area contributed by atoms with Crippen LogP contribution >= 0.6 is 0 Å². The van der Waals surface area contributed by atoms with E-state index in [4.69, 9.17) is 9.47 Å². The van der Waals surface area contributed by atoms with Gasteiger partial charge in [-0.15, -0.1) is 0 Å². The molecule has 1 fully saturated rings. The van der Waals surface area contributed by atoms with Gasteiger partial charge in [0.2, 0.25) is 0 Å². The van der Waals surface area contributed by atoms with Crippen molar-refractivity contribution in [1.29, 1.82) is 0 Å². The fourth-order valence-electron chi connectivity index (χ4n) is 2.55. The molecule has 1 aromatic rings. The van der Waals surface area contributed by atoms with Crippen LogP contribution in [0.15, 0.2) is 24.3 Å². The summed E-state index contributed by atoms with van der Waals surface area (Å²) in [6, 6.07) is 8.44. The van der Waals surface area contributed by atoms with Crippen LogP contribution in [0, 0.1) is 5.92 Å². The highest BCUT2D eigenvalue weighted by atomic mass is 16.5. The summed E-state index contributed by atoms with van der Waals surface area (Å²) in [4.78, 5) is 11.4. The van der Waals surface area contributed by atoms with Gasteiger partial charge in [-0.1, -0.05) is 12.1 Å². The molecule has 0 spiro atoms. The summed E-state index contributed by atoms with van der Waals surface area (Å²) >= 11 is 0. The third-order valence-corrected chi connectivity index (χ3v) is 3.72. The molecule has 1 aliphatic rings. The minimum absolute atomic E-state index is 0.0679. The zero-order valence-electron chi connectivity index (χ0n) is 11.5. The number of hydrogen-bond acceptors (Lipinski definition) is 4.